The van der Waals surface area contributed by atoms with Crippen molar-refractivity contribution in [2.75, 3.05) is 13.1 Å². The number of rotatable bonds is 4. The summed E-state index contributed by atoms with van der Waals surface area (Å²) in [5.41, 5.74) is 0. The van der Waals surface area contributed by atoms with Gasteiger partial charge < -0.3 is 9.64 Å². The molecule has 0 spiro atoms. The molecule has 5 nitrogen and oxygen atoms in total. The van der Waals surface area contributed by atoms with Gasteiger partial charge >= 0.3 is 0 Å². The van der Waals surface area contributed by atoms with E-state index in [1.165, 1.54) is 25.7 Å². The first-order valence-corrected chi connectivity index (χ1v) is 7.52. The number of nitrogens with zero attached hydrogens (tertiary/aromatic N) is 3. The van der Waals surface area contributed by atoms with Crippen molar-refractivity contribution >= 4 is 5.91 Å². The van der Waals surface area contributed by atoms with Crippen LogP contribution in [-0.4, -0.2) is 40.0 Å². The van der Waals surface area contributed by atoms with Gasteiger partial charge in [0.05, 0.1) is 12.7 Å². The second-order valence-corrected chi connectivity index (χ2v) is 5.77. The van der Waals surface area contributed by atoms with Gasteiger partial charge in [-0.15, -0.1) is 0 Å². The van der Waals surface area contributed by atoms with Gasteiger partial charge in [0.15, 0.2) is 0 Å². The highest BCUT2D eigenvalue weighted by molar-refractivity contribution is 5.76. The minimum atomic E-state index is 0.0548. The number of carbonyl (C=O) groups is 1. The summed E-state index contributed by atoms with van der Waals surface area (Å²) in [6.07, 6.45) is 11.5. The van der Waals surface area contributed by atoms with Crippen molar-refractivity contribution in [3.8, 4) is 5.88 Å². The lowest BCUT2D eigenvalue weighted by atomic mass is 10.0. The third-order valence-electron chi connectivity index (χ3n) is 4.26. The predicted octanol–water partition coefficient (Wildman–Crippen LogP) is 2.04. The van der Waals surface area contributed by atoms with Crippen LogP contribution in [0, 0.1) is 5.92 Å². The standard InChI is InChI=1S/C15H21N3O2/c19-15(9-12-3-1-2-4-12)18-8-5-13(11-18)20-14-10-16-6-7-17-14/h6-7,10,12-13H,1-5,8-9,11H2. The smallest absolute Gasteiger partial charge is 0.232 e. The fraction of sp³-hybridized carbons (Fsp3) is 0.667. The monoisotopic (exact) mass is 275 g/mol. The van der Waals surface area contributed by atoms with Crippen LogP contribution in [0.5, 0.6) is 5.88 Å². The molecular weight excluding hydrogens is 254 g/mol. The first kappa shape index (κ1) is 13.3. The van der Waals surface area contributed by atoms with Crippen LogP contribution in [0.25, 0.3) is 0 Å². The van der Waals surface area contributed by atoms with Gasteiger partial charge in [-0.3, -0.25) is 9.78 Å². The summed E-state index contributed by atoms with van der Waals surface area (Å²) in [6.45, 7) is 1.48. The molecule has 1 aromatic rings. The Labute approximate surface area is 119 Å². The van der Waals surface area contributed by atoms with Crippen LogP contribution in [0.4, 0.5) is 0 Å². The minimum Gasteiger partial charge on any atom is -0.471 e. The molecule has 0 aromatic carbocycles. The topological polar surface area (TPSA) is 55.3 Å². The number of aromatic nitrogens is 2. The summed E-state index contributed by atoms with van der Waals surface area (Å²) in [5, 5.41) is 0. The zero-order chi connectivity index (χ0) is 13.8. The van der Waals surface area contributed by atoms with Gasteiger partial charge in [0.1, 0.15) is 6.10 Å². The van der Waals surface area contributed by atoms with Gasteiger partial charge in [-0.2, -0.15) is 0 Å². The van der Waals surface area contributed by atoms with Gasteiger partial charge in [0.25, 0.3) is 0 Å². The van der Waals surface area contributed by atoms with Gasteiger partial charge in [-0.05, 0) is 18.8 Å². The van der Waals surface area contributed by atoms with Crippen LogP contribution in [0.1, 0.15) is 38.5 Å². The normalized spacial score (nSPS) is 23.2. The molecule has 2 heterocycles. The Bertz CT molecular complexity index is 446. The highest BCUT2D eigenvalue weighted by Gasteiger charge is 2.29. The summed E-state index contributed by atoms with van der Waals surface area (Å²) in [7, 11) is 0. The van der Waals surface area contributed by atoms with Crippen molar-refractivity contribution in [1.29, 1.82) is 0 Å². The van der Waals surface area contributed by atoms with E-state index in [2.05, 4.69) is 9.97 Å². The maximum absolute atomic E-state index is 12.2. The molecular formula is C15H21N3O2. The number of hydrogen-bond donors (Lipinski definition) is 0. The summed E-state index contributed by atoms with van der Waals surface area (Å²) >= 11 is 0. The summed E-state index contributed by atoms with van der Waals surface area (Å²) in [5.74, 6) is 1.45. The molecule has 1 saturated heterocycles. The lowest BCUT2D eigenvalue weighted by Gasteiger charge is -2.18. The molecule has 1 atom stereocenters. The molecule has 0 bridgehead atoms. The molecule has 108 valence electrons. The van der Waals surface area contributed by atoms with E-state index in [9.17, 15) is 4.79 Å². The molecule has 1 saturated carbocycles. The van der Waals surface area contributed by atoms with Crippen LogP contribution in [0.2, 0.25) is 0 Å². The van der Waals surface area contributed by atoms with E-state index in [1.54, 1.807) is 18.6 Å². The van der Waals surface area contributed by atoms with E-state index in [1.807, 2.05) is 4.90 Å². The van der Waals surface area contributed by atoms with Gasteiger partial charge in [-0.25, -0.2) is 4.98 Å². The summed E-state index contributed by atoms with van der Waals surface area (Å²) < 4.78 is 5.76. The molecule has 1 aliphatic carbocycles. The predicted molar refractivity (Wildman–Crippen MR) is 74.2 cm³/mol. The number of hydrogen-bond acceptors (Lipinski definition) is 4. The van der Waals surface area contributed by atoms with E-state index < -0.39 is 0 Å². The van der Waals surface area contributed by atoms with Crippen molar-refractivity contribution in [3.05, 3.63) is 18.6 Å². The van der Waals surface area contributed by atoms with Crippen LogP contribution in [0.15, 0.2) is 18.6 Å². The van der Waals surface area contributed by atoms with Gasteiger partial charge in [0.2, 0.25) is 11.8 Å². The van der Waals surface area contributed by atoms with Crippen LogP contribution < -0.4 is 4.74 Å². The SMILES string of the molecule is O=C(CC1CCCC1)N1CCC(Oc2cnccn2)C1. The number of ether oxygens (including phenoxy) is 1. The summed E-state index contributed by atoms with van der Waals surface area (Å²) in [4.78, 5) is 22.3. The fourth-order valence-corrected chi connectivity index (χ4v) is 3.16. The van der Waals surface area contributed by atoms with Crippen molar-refractivity contribution in [2.24, 2.45) is 5.92 Å². The molecule has 2 aliphatic rings. The molecule has 1 unspecified atom stereocenters. The number of likely N-dealkylation sites (tertiary alicyclic amines) is 1. The average Bonchev–Trinajstić information content (AvgIpc) is 3.11. The highest BCUT2D eigenvalue weighted by atomic mass is 16.5. The molecule has 1 aromatic heterocycles. The second-order valence-electron chi connectivity index (χ2n) is 5.77. The van der Waals surface area contributed by atoms with Crippen LogP contribution in [-0.2, 0) is 4.79 Å². The zero-order valence-electron chi connectivity index (χ0n) is 11.7. The molecule has 0 N–H and O–H groups in total. The molecule has 1 aliphatic heterocycles. The lowest BCUT2D eigenvalue weighted by Crippen LogP contribution is -2.32. The van der Waals surface area contributed by atoms with Gasteiger partial charge in [-0.1, -0.05) is 12.8 Å². The molecule has 0 radical (unpaired) electrons. The Kier molecular flexibility index (Phi) is 4.14. The molecule has 20 heavy (non-hydrogen) atoms. The number of amides is 1. The first-order chi connectivity index (χ1) is 9.81. The van der Waals surface area contributed by atoms with E-state index >= 15 is 0 Å². The Morgan fingerprint density at radius 1 is 1.30 bits per heavy atom. The Morgan fingerprint density at radius 3 is 2.90 bits per heavy atom. The quantitative estimate of drug-likeness (QED) is 0.843. The highest BCUT2D eigenvalue weighted by Crippen LogP contribution is 2.28. The molecule has 3 rings (SSSR count). The largest absolute Gasteiger partial charge is 0.471 e. The summed E-state index contributed by atoms with van der Waals surface area (Å²) in [6, 6.07) is 0. The van der Waals surface area contributed by atoms with Crippen molar-refractivity contribution in [2.45, 2.75) is 44.6 Å². The third kappa shape index (κ3) is 3.26. The Morgan fingerprint density at radius 2 is 2.15 bits per heavy atom. The maximum Gasteiger partial charge on any atom is 0.232 e. The fourth-order valence-electron chi connectivity index (χ4n) is 3.16. The number of carbonyl (C=O) groups excluding carboxylic acids is 1. The zero-order valence-corrected chi connectivity index (χ0v) is 11.7. The molecule has 5 heteroatoms. The Hall–Kier alpha value is -1.65. The van der Waals surface area contributed by atoms with Crippen LogP contribution >= 0.6 is 0 Å². The second kappa shape index (κ2) is 6.20. The van der Waals surface area contributed by atoms with E-state index in [0.29, 0.717) is 24.2 Å². The van der Waals surface area contributed by atoms with Crippen molar-refractivity contribution in [3.63, 3.8) is 0 Å². The average molecular weight is 275 g/mol. The van der Waals surface area contributed by atoms with Crippen LogP contribution in [0.3, 0.4) is 0 Å². The van der Waals surface area contributed by atoms with Gasteiger partial charge in [0, 0.05) is 31.8 Å². The van der Waals surface area contributed by atoms with E-state index in [4.69, 9.17) is 4.74 Å². The Balaban J connectivity index is 1.47. The molecule has 2 fully saturated rings. The van der Waals surface area contributed by atoms with E-state index in [-0.39, 0.29) is 6.10 Å². The van der Waals surface area contributed by atoms with E-state index in [0.717, 1.165) is 19.4 Å². The lowest BCUT2D eigenvalue weighted by molar-refractivity contribution is -0.131. The first-order valence-electron chi connectivity index (χ1n) is 7.52. The minimum absolute atomic E-state index is 0.0548. The maximum atomic E-state index is 12.2. The molecule has 1 amide bonds. The van der Waals surface area contributed by atoms with Crippen molar-refractivity contribution in [1.82, 2.24) is 14.9 Å². The third-order valence-corrected chi connectivity index (χ3v) is 4.26. The van der Waals surface area contributed by atoms with Crippen molar-refractivity contribution < 1.29 is 9.53 Å².